The van der Waals surface area contributed by atoms with E-state index in [0.717, 1.165) is 18.4 Å². The molecule has 1 amide bonds. The Labute approximate surface area is 181 Å². The standard InChI is InChI=1S/C24H23NO3S2/c26-24(18-10-8-17(9-11-18)23-7-4-14-29-23)25-19-12-13-20(25)16-22(15-19)30(27,28)21-5-2-1-3-6-21/h1-11,14,19-20,22H,12-13,15-16H2. The first kappa shape index (κ1) is 19.5. The molecule has 2 saturated heterocycles. The van der Waals surface area contributed by atoms with Gasteiger partial charge in [-0.15, -0.1) is 11.3 Å². The van der Waals surface area contributed by atoms with E-state index in [4.69, 9.17) is 0 Å². The van der Waals surface area contributed by atoms with Crippen molar-refractivity contribution in [3.63, 3.8) is 0 Å². The van der Waals surface area contributed by atoms with Gasteiger partial charge in [-0.2, -0.15) is 0 Å². The van der Waals surface area contributed by atoms with E-state index >= 15 is 0 Å². The minimum atomic E-state index is -3.37. The van der Waals surface area contributed by atoms with Crippen LogP contribution >= 0.6 is 11.3 Å². The minimum absolute atomic E-state index is 0.00305. The highest BCUT2D eigenvalue weighted by molar-refractivity contribution is 7.92. The van der Waals surface area contributed by atoms with Crippen LogP contribution in [0.3, 0.4) is 0 Å². The first-order valence-electron chi connectivity index (χ1n) is 10.3. The van der Waals surface area contributed by atoms with Crippen molar-refractivity contribution >= 4 is 27.1 Å². The molecule has 2 unspecified atom stereocenters. The van der Waals surface area contributed by atoms with Gasteiger partial charge in [-0.05, 0) is 67.0 Å². The van der Waals surface area contributed by atoms with Crippen LogP contribution in [0, 0.1) is 0 Å². The van der Waals surface area contributed by atoms with E-state index in [2.05, 4.69) is 6.07 Å². The third-order valence-corrected chi connectivity index (χ3v) is 9.48. The van der Waals surface area contributed by atoms with Gasteiger partial charge in [0.25, 0.3) is 5.91 Å². The highest BCUT2D eigenvalue weighted by atomic mass is 32.2. The number of hydrogen-bond acceptors (Lipinski definition) is 4. The van der Waals surface area contributed by atoms with Crippen LogP contribution < -0.4 is 0 Å². The molecule has 2 bridgehead atoms. The molecular weight excluding hydrogens is 414 g/mol. The fourth-order valence-corrected chi connectivity index (χ4v) is 7.49. The van der Waals surface area contributed by atoms with Gasteiger partial charge >= 0.3 is 0 Å². The van der Waals surface area contributed by atoms with E-state index < -0.39 is 15.1 Å². The number of thiophene rings is 1. The Hall–Kier alpha value is -2.44. The fourth-order valence-electron chi connectivity index (χ4n) is 4.88. The second kappa shape index (κ2) is 7.67. The molecule has 3 aromatic rings. The number of hydrogen-bond donors (Lipinski definition) is 0. The lowest BCUT2D eigenvalue weighted by atomic mass is 10.0. The number of benzene rings is 2. The Bertz CT molecular complexity index is 1120. The van der Waals surface area contributed by atoms with Crippen molar-refractivity contribution in [2.24, 2.45) is 0 Å². The Kier molecular flexibility index (Phi) is 4.99. The molecule has 0 radical (unpaired) electrons. The molecular formula is C24H23NO3S2. The summed E-state index contributed by atoms with van der Waals surface area (Å²) in [6.45, 7) is 0. The summed E-state index contributed by atoms with van der Waals surface area (Å²) in [6, 6.07) is 20.5. The van der Waals surface area contributed by atoms with Crippen LogP contribution in [0.25, 0.3) is 10.4 Å². The minimum Gasteiger partial charge on any atom is -0.333 e. The summed E-state index contributed by atoms with van der Waals surface area (Å²) in [5, 5.41) is 1.63. The summed E-state index contributed by atoms with van der Waals surface area (Å²) < 4.78 is 26.2. The summed E-state index contributed by atoms with van der Waals surface area (Å²) >= 11 is 1.68. The Morgan fingerprint density at radius 3 is 2.13 bits per heavy atom. The van der Waals surface area contributed by atoms with E-state index in [9.17, 15) is 13.2 Å². The van der Waals surface area contributed by atoms with E-state index in [1.807, 2.05) is 46.7 Å². The normalized spacial score (nSPS) is 23.5. The first-order valence-corrected chi connectivity index (χ1v) is 12.7. The average Bonchev–Trinajstić information content (AvgIpc) is 3.40. The maximum atomic E-state index is 13.3. The van der Waals surface area contributed by atoms with E-state index in [1.165, 1.54) is 4.88 Å². The Morgan fingerprint density at radius 2 is 1.53 bits per heavy atom. The molecule has 0 spiro atoms. The zero-order chi connectivity index (χ0) is 20.7. The third kappa shape index (κ3) is 3.38. The van der Waals surface area contributed by atoms with Crippen LogP contribution in [0.15, 0.2) is 77.0 Å². The number of sulfone groups is 1. The molecule has 4 nitrogen and oxygen atoms in total. The molecule has 30 heavy (non-hydrogen) atoms. The summed E-state index contributed by atoms with van der Waals surface area (Å²) in [6.07, 6.45) is 2.80. The number of fused-ring (bicyclic) bond motifs is 2. The van der Waals surface area contributed by atoms with Gasteiger partial charge in [0.15, 0.2) is 9.84 Å². The molecule has 5 rings (SSSR count). The van der Waals surface area contributed by atoms with Crippen molar-refractivity contribution in [1.29, 1.82) is 0 Å². The van der Waals surface area contributed by atoms with Crippen molar-refractivity contribution < 1.29 is 13.2 Å². The number of amides is 1. The zero-order valence-corrected chi connectivity index (χ0v) is 18.1. The van der Waals surface area contributed by atoms with Crippen LogP contribution in [0.1, 0.15) is 36.0 Å². The summed E-state index contributed by atoms with van der Waals surface area (Å²) in [5.41, 5.74) is 1.79. The molecule has 0 N–H and O–H groups in total. The second-order valence-corrected chi connectivity index (χ2v) is 11.3. The van der Waals surface area contributed by atoms with Gasteiger partial charge in [0.05, 0.1) is 10.1 Å². The number of carbonyl (C=O) groups is 1. The van der Waals surface area contributed by atoms with Crippen LogP contribution in [0.4, 0.5) is 0 Å². The second-order valence-electron chi connectivity index (χ2n) is 8.10. The lowest BCUT2D eigenvalue weighted by Gasteiger charge is -2.38. The maximum absolute atomic E-state index is 13.3. The van der Waals surface area contributed by atoms with E-state index in [-0.39, 0.29) is 18.0 Å². The fraction of sp³-hybridized carbons (Fsp3) is 0.292. The smallest absolute Gasteiger partial charge is 0.254 e. The Morgan fingerprint density at radius 1 is 0.867 bits per heavy atom. The predicted molar refractivity (Wildman–Crippen MR) is 119 cm³/mol. The number of nitrogens with zero attached hydrogens (tertiary/aromatic N) is 1. The molecule has 2 atom stereocenters. The lowest BCUT2D eigenvalue weighted by molar-refractivity contribution is 0.0598. The molecule has 2 aromatic carbocycles. The van der Waals surface area contributed by atoms with E-state index in [1.54, 1.807) is 35.6 Å². The maximum Gasteiger partial charge on any atom is 0.254 e. The van der Waals surface area contributed by atoms with Crippen LogP contribution in [0.2, 0.25) is 0 Å². The van der Waals surface area contributed by atoms with Crippen molar-refractivity contribution in [3.05, 3.63) is 77.7 Å². The van der Waals surface area contributed by atoms with Gasteiger partial charge in [-0.25, -0.2) is 8.42 Å². The number of carbonyl (C=O) groups excluding carboxylic acids is 1. The van der Waals surface area contributed by atoms with Gasteiger partial charge < -0.3 is 4.90 Å². The molecule has 2 aliphatic rings. The molecule has 2 fully saturated rings. The average molecular weight is 438 g/mol. The van der Waals surface area contributed by atoms with Gasteiger partial charge in [-0.1, -0.05) is 36.4 Å². The largest absolute Gasteiger partial charge is 0.333 e. The highest BCUT2D eigenvalue weighted by Gasteiger charge is 2.47. The molecule has 0 aliphatic carbocycles. The molecule has 3 heterocycles. The number of piperidine rings is 1. The lowest BCUT2D eigenvalue weighted by Crippen LogP contribution is -2.49. The molecule has 2 aliphatic heterocycles. The monoisotopic (exact) mass is 437 g/mol. The summed E-state index contributed by atoms with van der Waals surface area (Å²) in [5.74, 6) is 0.0239. The van der Waals surface area contributed by atoms with Gasteiger partial charge in [0.1, 0.15) is 0 Å². The Balaban J connectivity index is 1.35. The molecule has 1 aromatic heterocycles. The quantitative estimate of drug-likeness (QED) is 0.576. The predicted octanol–water partition coefficient (Wildman–Crippen LogP) is 5.02. The number of rotatable bonds is 4. The van der Waals surface area contributed by atoms with Crippen molar-refractivity contribution in [3.8, 4) is 10.4 Å². The topological polar surface area (TPSA) is 54.5 Å². The highest BCUT2D eigenvalue weighted by Crippen LogP contribution is 2.40. The van der Waals surface area contributed by atoms with Crippen molar-refractivity contribution in [1.82, 2.24) is 4.90 Å². The molecule has 154 valence electrons. The SMILES string of the molecule is O=C(c1ccc(-c2cccs2)cc1)N1C2CCC1CC(S(=O)(=O)c1ccccc1)C2. The zero-order valence-electron chi connectivity index (χ0n) is 16.5. The third-order valence-electron chi connectivity index (χ3n) is 6.37. The molecule has 6 heteroatoms. The first-order chi connectivity index (χ1) is 14.5. The van der Waals surface area contributed by atoms with Crippen molar-refractivity contribution in [2.75, 3.05) is 0 Å². The van der Waals surface area contributed by atoms with Crippen LogP contribution in [0.5, 0.6) is 0 Å². The van der Waals surface area contributed by atoms with E-state index in [0.29, 0.717) is 23.3 Å². The van der Waals surface area contributed by atoms with Gasteiger partial charge in [0.2, 0.25) is 0 Å². The van der Waals surface area contributed by atoms with Crippen LogP contribution in [-0.2, 0) is 9.84 Å². The van der Waals surface area contributed by atoms with Gasteiger partial charge in [0, 0.05) is 22.5 Å². The van der Waals surface area contributed by atoms with Crippen molar-refractivity contribution in [2.45, 2.75) is 47.9 Å². The summed E-state index contributed by atoms with van der Waals surface area (Å²) in [7, 11) is -3.37. The van der Waals surface area contributed by atoms with Gasteiger partial charge in [-0.3, -0.25) is 4.79 Å². The van der Waals surface area contributed by atoms with Crippen LogP contribution in [-0.4, -0.2) is 36.6 Å². The molecule has 0 saturated carbocycles. The summed E-state index contributed by atoms with van der Waals surface area (Å²) in [4.78, 5) is 16.8.